The number of rotatable bonds is 5. The van der Waals surface area contributed by atoms with Crippen LogP contribution in [0.4, 0.5) is 13.2 Å². The molecule has 2 aromatic carbocycles. The second-order valence-corrected chi connectivity index (χ2v) is 7.10. The molecule has 1 fully saturated rings. The van der Waals surface area contributed by atoms with Gasteiger partial charge in [0.15, 0.2) is 0 Å². The number of aromatic nitrogens is 2. The Labute approximate surface area is 164 Å². The van der Waals surface area contributed by atoms with E-state index in [4.69, 9.17) is 21.1 Å². The molecule has 1 aliphatic heterocycles. The van der Waals surface area contributed by atoms with Gasteiger partial charge in [0.2, 0.25) is 0 Å². The number of halogens is 4. The highest BCUT2D eigenvalue weighted by Crippen LogP contribution is 2.32. The van der Waals surface area contributed by atoms with Gasteiger partial charge in [-0.25, -0.2) is 4.98 Å². The summed E-state index contributed by atoms with van der Waals surface area (Å²) in [6.45, 7) is 1.30. The van der Waals surface area contributed by atoms with Crippen LogP contribution in [0, 0.1) is 0 Å². The van der Waals surface area contributed by atoms with Crippen LogP contribution in [0.5, 0.6) is 5.75 Å². The molecule has 0 bridgehead atoms. The number of alkyl halides is 3. The maximum atomic E-state index is 13.1. The van der Waals surface area contributed by atoms with Crippen molar-refractivity contribution in [2.75, 3.05) is 6.61 Å². The fourth-order valence-corrected chi connectivity index (χ4v) is 3.56. The van der Waals surface area contributed by atoms with E-state index in [1.54, 1.807) is 24.3 Å². The Morgan fingerprint density at radius 2 is 2.04 bits per heavy atom. The van der Waals surface area contributed by atoms with Crippen molar-refractivity contribution in [1.82, 2.24) is 9.55 Å². The molecule has 1 aromatic heterocycles. The number of hydrogen-bond acceptors (Lipinski definition) is 3. The van der Waals surface area contributed by atoms with Crippen LogP contribution < -0.4 is 4.74 Å². The molecule has 0 spiro atoms. The fourth-order valence-electron chi connectivity index (χ4n) is 3.37. The van der Waals surface area contributed by atoms with Gasteiger partial charge in [-0.3, -0.25) is 0 Å². The molecule has 8 heteroatoms. The molecule has 2 heterocycles. The van der Waals surface area contributed by atoms with Crippen LogP contribution in [0.25, 0.3) is 11.0 Å². The number of benzene rings is 2. The van der Waals surface area contributed by atoms with Crippen LogP contribution in [0.1, 0.15) is 24.2 Å². The smallest absolute Gasteiger partial charge is 0.416 e. The monoisotopic (exact) mass is 410 g/mol. The first-order valence-corrected chi connectivity index (χ1v) is 9.35. The van der Waals surface area contributed by atoms with E-state index < -0.39 is 11.7 Å². The molecule has 3 aromatic rings. The SMILES string of the molecule is FC(F)(F)c1ccc2c(c1)nc(COc1ccccc1Cl)n2CC1CCCO1. The fraction of sp³-hybridized carbons (Fsp3) is 0.350. The van der Waals surface area contributed by atoms with E-state index in [0.29, 0.717) is 35.3 Å². The number of ether oxygens (including phenoxy) is 2. The average molecular weight is 411 g/mol. The van der Waals surface area contributed by atoms with Gasteiger partial charge in [-0.15, -0.1) is 0 Å². The zero-order chi connectivity index (χ0) is 19.7. The third-order valence-corrected chi connectivity index (χ3v) is 5.07. The first-order chi connectivity index (χ1) is 13.4. The summed E-state index contributed by atoms with van der Waals surface area (Å²) in [5.41, 5.74) is 0.187. The quantitative estimate of drug-likeness (QED) is 0.560. The summed E-state index contributed by atoms with van der Waals surface area (Å²) in [7, 11) is 0. The van der Waals surface area contributed by atoms with Gasteiger partial charge in [-0.2, -0.15) is 13.2 Å². The van der Waals surface area contributed by atoms with Crippen molar-refractivity contribution in [1.29, 1.82) is 0 Å². The molecule has 1 aliphatic rings. The summed E-state index contributed by atoms with van der Waals surface area (Å²) >= 11 is 6.12. The van der Waals surface area contributed by atoms with Gasteiger partial charge < -0.3 is 14.0 Å². The first-order valence-electron chi connectivity index (χ1n) is 8.97. The van der Waals surface area contributed by atoms with Crippen LogP contribution in [-0.4, -0.2) is 22.3 Å². The van der Waals surface area contributed by atoms with E-state index >= 15 is 0 Å². The minimum Gasteiger partial charge on any atom is -0.484 e. The molecule has 0 amide bonds. The Balaban J connectivity index is 1.68. The molecule has 1 saturated heterocycles. The Morgan fingerprint density at radius 1 is 1.21 bits per heavy atom. The molecule has 148 valence electrons. The maximum Gasteiger partial charge on any atom is 0.416 e. The molecule has 1 atom stereocenters. The van der Waals surface area contributed by atoms with Gasteiger partial charge in [0, 0.05) is 6.61 Å². The molecule has 0 radical (unpaired) electrons. The third-order valence-electron chi connectivity index (χ3n) is 4.76. The van der Waals surface area contributed by atoms with Crippen LogP contribution in [-0.2, 0) is 24.1 Å². The maximum absolute atomic E-state index is 13.1. The minimum absolute atomic E-state index is 0.0127. The molecule has 28 heavy (non-hydrogen) atoms. The normalized spacial score (nSPS) is 17.4. The van der Waals surface area contributed by atoms with Crippen molar-refractivity contribution in [3.05, 3.63) is 58.9 Å². The minimum atomic E-state index is -4.42. The number of nitrogens with zero attached hydrogens (tertiary/aromatic N) is 2. The summed E-state index contributed by atoms with van der Waals surface area (Å²) < 4.78 is 52.6. The highest BCUT2D eigenvalue weighted by Gasteiger charge is 2.31. The number of fused-ring (bicyclic) bond motifs is 1. The zero-order valence-electron chi connectivity index (χ0n) is 14.9. The molecular formula is C20H18ClF3N2O2. The van der Waals surface area contributed by atoms with E-state index in [1.165, 1.54) is 6.07 Å². The first kappa shape index (κ1) is 19.1. The van der Waals surface area contributed by atoms with Crippen LogP contribution >= 0.6 is 11.6 Å². The van der Waals surface area contributed by atoms with Crippen LogP contribution in [0.3, 0.4) is 0 Å². The Hall–Kier alpha value is -2.25. The summed E-state index contributed by atoms with van der Waals surface area (Å²) in [5.74, 6) is 1.03. The number of hydrogen-bond donors (Lipinski definition) is 0. The third kappa shape index (κ3) is 3.95. The lowest BCUT2D eigenvalue weighted by Crippen LogP contribution is -2.18. The van der Waals surface area contributed by atoms with E-state index in [2.05, 4.69) is 4.98 Å². The zero-order valence-corrected chi connectivity index (χ0v) is 15.6. The molecule has 0 saturated carbocycles. The summed E-state index contributed by atoms with van der Waals surface area (Å²) in [5, 5.41) is 0.462. The lowest BCUT2D eigenvalue weighted by atomic mass is 10.2. The predicted molar refractivity (Wildman–Crippen MR) is 99.5 cm³/mol. The van der Waals surface area contributed by atoms with E-state index in [-0.39, 0.29) is 18.2 Å². The lowest BCUT2D eigenvalue weighted by Gasteiger charge is -2.15. The second kappa shape index (κ2) is 7.64. The van der Waals surface area contributed by atoms with E-state index in [1.807, 2.05) is 4.57 Å². The summed E-state index contributed by atoms with van der Waals surface area (Å²) in [6.07, 6.45) is -2.52. The average Bonchev–Trinajstić information content (AvgIpc) is 3.28. The largest absolute Gasteiger partial charge is 0.484 e. The van der Waals surface area contributed by atoms with Gasteiger partial charge in [0.05, 0.1) is 34.3 Å². The molecule has 0 aliphatic carbocycles. The lowest BCUT2D eigenvalue weighted by molar-refractivity contribution is -0.137. The van der Waals surface area contributed by atoms with Crippen molar-refractivity contribution in [3.63, 3.8) is 0 Å². The Bertz CT molecular complexity index is 981. The van der Waals surface area contributed by atoms with Gasteiger partial charge >= 0.3 is 6.18 Å². The molecule has 1 unspecified atom stereocenters. The van der Waals surface area contributed by atoms with Crippen LogP contribution in [0.2, 0.25) is 5.02 Å². The molecular weight excluding hydrogens is 393 g/mol. The molecule has 4 rings (SSSR count). The van der Waals surface area contributed by atoms with Gasteiger partial charge in [-0.05, 0) is 43.2 Å². The van der Waals surface area contributed by atoms with Crippen molar-refractivity contribution in [2.45, 2.75) is 38.3 Å². The van der Waals surface area contributed by atoms with Crippen molar-refractivity contribution < 1.29 is 22.6 Å². The number of imidazole rings is 1. The van der Waals surface area contributed by atoms with Gasteiger partial charge in [0.1, 0.15) is 18.2 Å². The highest BCUT2D eigenvalue weighted by molar-refractivity contribution is 6.32. The van der Waals surface area contributed by atoms with Crippen molar-refractivity contribution in [3.8, 4) is 5.75 Å². The number of para-hydroxylation sites is 1. The summed E-state index contributed by atoms with van der Waals surface area (Å²) in [4.78, 5) is 4.41. The molecule has 4 nitrogen and oxygen atoms in total. The topological polar surface area (TPSA) is 36.3 Å². The van der Waals surface area contributed by atoms with Gasteiger partial charge in [-0.1, -0.05) is 23.7 Å². The highest BCUT2D eigenvalue weighted by atomic mass is 35.5. The standard InChI is InChI=1S/C20H18ClF3N2O2/c21-15-5-1-2-6-18(15)28-12-19-25-16-10-13(20(22,23)24)7-8-17(16)26(19)11-14-4-3-9-27-14/h1-2,5-8,10,14H,3-4,9,11-12H2. The summed E-state index contributed by atoms with van der Waals surface area (Å²) in [6, 6.07) is 10.6. The molecule has 0 N–H and O–H groups in total. The van der Waals surface area contributed by atoms with E-state index in [0.717, 1.165) is 25.0 Å². The van der Waals surface area contributed by atoms with Crippen LogP contribution in [0.15, 0.2) is 42.5 Å². The predicted octanol–water partition coefficient (Wildman–Crippen LogP) is 5.47. The van der Waals surface area contributed by atoms with Gasteiger partial charge in [0.25, 0.3) is 0 Å². The second-order valence-electron chi connectivity index (χ2n) is 6.69. The Morgan fingerprint density at radius 3 is 2.75 bits per heavy atom. The van der Waals surface area contributed by atoms with Crippen molar-refractivity contribution in [2.24, 2.45) is 0 Å². The van der Waals surface area contributed by atoms with Crippen molar-refractivity contribution >= 4 is 22.6 Å². The van der Waals surface area contributed by atoms with E-state index in [9.17, 15) is 13.2 Å². The Kier molecular flexibility index (Phi) is 5.21.